The first kappa shape index (κ1) is 15.5. The number of nitrogens with one attached hydrogen (secondary N) is 1. The summed E-state index contributed by atoms with van der Waals surface area (Å²) in [6.45, 7) is 4.02. The molecule has 2 heterocycles. The lowest BCUT2D eigenvalue weighted by molar-refractivity contribution is 0.0940. The molecule has 2 aromatic heterocycles. The highest BCUT2D eigenvalue weighted by Gasteiger charge is 2.23. The van der Waals surface area contributed by atoms with Crippen molar-refractivity contribution in [3.05, 3.63) is 59.6 Å². The van der Waals surface area contributed by atoms with Gasteiger partial charge in [0.15, 0.2) is 0 Å². The summed E-state index contributed by atoms with van der Waals surface area (Å²) in [6, 6.07) is 7.60. The molecular weight excluding hydrogens is 290 g/mol. The molecule has 2 N–H and O–H groups in total. The molecule has 0 aromatic carbocycles. The number of hydrogen-bond acceptors (Lipinski definition) is 3. The molecule has 0 saturated carbocycles. The molecule has 120 valence electrons. The van der Waals surface area contributed by atoms with Crippen LogP contribution in [0.25, 0.3) is 5.82 Å². The number of carbonyl (C=O) groups excluding carboxylic acids is 1. The second-order valence-electron chi connectivity index (χ2n) is 5.95. The Kier molecular flexibility index (Phi) is 4.30. The lowest BCUT2D eigenvalue weighted by Gasteiger charge is -2.13. The highest BCUT2D eigenvalue weighted by molar-refractivity contribution is 5.96. The van der Waals surface area contributed by atoms with E-state index in [9.17, 15) is 9.90 Å². The fourth-order valence-electron chi connectivity index (χ4n) is 3.09. The average Bonchev–Trinajstić information content (AvgIpc) is 3.12. The maximum Gasteiger partial charge on any atom is 0.253 e. The van der Waals surface area contributed by atoms with Gasteiger partial charge in [-0.1, -0.05) is 18.2 Å². The number of carbonyl (C=O) groups is 1. The van der Waals surface area contributed by atoms with Crippen LogP contribution in [0.3, 0.4) is 0 Å². The van der Waals surface area contributed by atoms with Gasteiger partial charge in [0.05, 0.1) is 5.56 Å². The van der Waals surface area contributed by atoms with E-state index in [2.05, 4.69) is 10.3 Å². The van der Waals surface area contributed by atoms with Gasteiger partial charge in [-0.2, -0.15) is 0 Å². The Morgan fingerprint density at radius 1 is 1.39 bits per heavy atom. The zero-order valence-corrected chi connectivity index (χ0v) is 13.4. The Morgan fingerprint density at radius 2 is 2.22 bits per heavy atom. The number of hydrogen-bond donors (Lipinski definition) is 2. The molecular formula is C18H21N3O2. The molecule has 0 aliphatic heterocycles. The number of aromatic nitrogens is 2. The van der Waals surface area contributed by atoms with Crippen molar-refractivity contribution in [2.75, 3.05) is 6.61 Å². The molecule has 0 radical (unpaired) electrons. The van der Waals surface area contributed by atoms with E-state index < -0.39 is 0 Å². The van der Waals surface area contributed by atoms with Gasteiger partial charge in [0.2, 0.25) is 0 Å². The van der Waals surface area contributed by atoms with Crippen LogP contribution in [-0.2, 0) is 0 Å². The average molecular weight is 311 g/mol. The van der Waals surface area contributed by atoms with Gasteiger partial charge in [0.25, 0.3) is 5.91 Å². The van der Waals surface area contributed by atoms with Crippen molar-refractivity contribution in [1.29, 1.82) is 0 Å². The monoisotopic (exact) mass is 311 g/mol. The molecule has 23 heavy (non-hydrogen) atoms. The molecule has 0 spiro atoms. The number of aliphatic hydroxyl groups excluding tert-OH is 1. The van der Waals surface area contributed by atoms with Gasteiger partial charge in [-0.3, -0.25) is 4.79 Å². The molecule has 5 nitrogen and oxygen atoms in total. The summed E-state index contributed by atoms with van der Waals surface area (Å²) in [5, 5.41) is 12.2. The summed E-state index contributed by atoms with van der Waals surface area (Å²) in [4.78, 5) is 16.9. The van der Waals surface area contributed by atoms with E-state index in [-0.39, 0.29) is 24.5 Å². The van der Waals surface area contributed by atoms with Crippen molar-refractivity contribution in [2.24, 2.45) is 5.92 Å². The van der Waals surface area contributed by atoms with E-state index in [0.717, 1.165) is 23.6 Å². The minimum Gasteiger partial charge on any atom is -0.396 e. The van der Waals surface area contributed by atoms with Gasteiger partial charge in [-0.15, -0.1) is 0 Å². The number of rotatable bonds is 4. The number of aliphatic hydroxyl groups is 1. The molecule has 0 bridgehead atoms. The summed E-state index contributed by atoms with van der Waals surface area (Å²) in [5.41, 5.74) is 2.51. The first-order valence-corrected chi connectivity index (χ1v) is 7.80. The predicted octanol–water partition coefficient (Wildman–Crippen LogP) is 2.16. The van der Waals surface area contributed by atoms with Crippen molar-refractivity contribution in [1.82, 2.24) is 14.9 Å². The van der Waals surface area contributed by atoms with Crippen LogP contribution in [0.4, 0.5) is 0 Å². The van der Waals surface area contributed by atoms with Crippen LogP contribution >= 0.6 is 0 Å². The van der Waals surface area contributed by atoms with Crippen molar-refractivity contribution >= 4 is 5.91 Å². The van der Waals surface area contributed by atoms with Crippen LogP contribution in [0.1, 0.15) is 28.2 Å². The smallest absolute Gasteiger partial charge is 0.253 e. The van der Waals surface area contributed by atoms with E-state index in [0.29, 0.717) is 5.56 Å². The second-order valence-corrected chi connectivity index (χ2v) is 5.95. The van der Waals surface area contributed by atoms with Crippen LogP contribution in [0.2, 0.25) is 0 Å². The zero-order valence-electron chi connectivity index (χ0n) is 13.4. The largest absolute Gasteiger partial charge is 0.396 e. The van der Waals surface area contributed by atoms with Crippen molar-refractivity contribution in [3.8, 4) is 5.82 Å². The number of aryl methyl sites for hydroxylation is 1. The minimum absolute atomic E-state index is 0.0162. The first-order valence-electron chi connectivity index (χ1n) is 7.80. The SMILES string of the molecule is Cc1cc(C(=O)N[C@@H]2C=C[C@H](CO)C2)c(C)n1-c1ccccn1. The molecule has 0 unspecified atom stereocenters. The van der Waals surface area contributed by atoms with Crippen LogP contribution < -0.4 is 5.32 Å². The molecule has 2 atom stereocenters. The number of nitrogens with zero attached hydrogens (tertiary/aromatic N) is 2. The van der Waals surface area contributed by atoms with Crippen LogP contribution in [-0.4, -0.2) is 33.2 Å². The maximum atomic E-state index is 12.6. The minimum atomic E-state index is -0.0893. The fourth-order valence-corrected chi connectivity index (χ4v) is 3.09. The summed E-state index contributed by atoms with van der Waals surface area (Å²) < 4.78 is 1.98. The van der Waals surface area contributed by atoms with Crippen molar-refractivity contribution in [2.45, 2.75) is 26.3 Å². The summed E-state index contributed by atoms with van der Waals surface area (Å²) in [5.74, 6) is 0.859. The Hall–Kier alpha value is -2.40. The van der Waals surface area contributed by atoms with Gasteiger partial charge >= 0.3 is 0 Å². The lowest BCUT2D eigenvalue weighted by atomic mass is 10.1. The van der Waals surface area contributed by atoms with Gasteiger partial charge in [0, 0.05) is 36.2 Å². The molecule has 1 amide bonds. The Morgan fingerprint density at radius 3 is 2.87 bits per heavy atom. The van der Waals surface area contributed by atoms with E-state index >= 15 is 0 Å². The maximum absolute atomic E-state index is 12.6. The second kappa shape index (κ2) is 6.38. The molecule has 5 heteroatoms. The Bertz CT molecular complexity index is 734. The van der Waals surface area contributed by atoms with E-state index in [1.54, 1.807) is 6.20 Å². The highest BCUT2D eigenvalue weighted by atomic mass is 16.3. The third-order valence-electron chi connectivity index (χ3n) is 4.28. The molecule has 2 aromatic rings. The van der Waals surface area contributed by atoms with Gasteiger partial charge in [-0.25, -0.2) is 4.98 Å². The predicted molar refractivity (Wildman–Crippen MR) is 88.6 cm³/mol. The Balaban J connectivity index is 1.81. The summed E-state index contributed by atoms with van der Waals surface area (Å²) in [7, 11) is 0. The first-order chi connectivity index (χ1) is 11.1. The third-order valence-corrected chi connectivity index (χ3v) is 4.28. The van der Waals surface area contributed by atoms with Crippen LogP contribution in [0, 0.1) is 19.8 Å². The Labute approximate surface area is 135 Å². The number of amides is 1. The molecule has 0 fully saturated rings. The van der Waals surface area contributed by atoms with Gasteiger partial charge in [-0.05, 0) is 38.5 Å². The lowest BCUT2D eigenvalue weighted by Crippen LogP contribution is -2.33. The molecule has 1 aliphatic carbocycles. The van der Waals surface area contributed by atoms with Crippen LogP contribution in [0.15, 0.2) is 42.6 Å². The normalized spacial score (nSPS) is 20.0. The highest BCUT2D eigenvalue weighted by Crippen LogP contribution is 2.21. The van der Waals surface area contributed by atoms with Gasteiger partial charge in [0.1, 0.15) is 5.82 Å². The topological polar surface area (TPSA) is 67.2 Å². The molecule has 1 aliphatic rings. The van der Waals surface area contributed by atoms with Crippen molar-refractivity contribution < 1.29 is 9.90 Å². The fraction of sp³-hybridized carbons (Fsp3) is 0.333. The van der Waals surface area contributed by atoms with E-state index in [4.69, 9.17) is 0 Å². The number of pyridine rings is 1. The van der Waals surface area contributed by atoms with E-state index in [1.165, 1.54) is 0 Å². The quantitative estimate of drug-likeness (QED) is 0.850. The summed E-state index contributed by atoms with van der Waals surface area (Å²) in [6.07, 6.45) is 6.41. The summed E-state index contributed by atoms with van der Waals surface area (Å²) >= 11 is 0. The molecule has 3 rings (SSSR count). The van der Waals surface area contributed by atoms with Gasteiger partial charge < -0.3 is 15.0 Å². The third kappa shape index (κ3) is 3.05. The standard InChI is InChI=1S/C18H21N3O2/c1-12-9-16(13(2)21(12)17-5-3-4-8-19-17)18(23)20-15-7-6-14(10-15)11-22/h3-9,14-15,22H,10-11H2,1-2H3,(H,20,23)/t14-,15+/m0/s1. The zero-order chi connectivity index (χ0) is 16.4. The molecule has 0 saturated heterocycles. The van der Waals surface area contributed by atoms with Crippen molar-refractivity contribution in [3.63, 3.8) is 0 Å². The van der Waals surface area contributed by atoms with E-state index in [1.807, 2.05) is 54.8 Å². The van der Waals surface area contributed by atoms with Crippen LogP contribution in [0.5, 0.6) is 0 Å².